The van der Waals surface area contributed by atoms with E-state index in [0.29, 0.717) is 24.5 Å². The van der Waals surface area contributed by atoms with Gasteiger partial charge in [0.1, 0.15) is 0 Å². The van der Waals surface area contributed by atoms with E-state index in [4.69, 9.17) is 11.6 Å². The molecular weight excluding hydrogens is 258 g/mol. The first-order chi connectivity index (χ1) is 9.26. The van der Waals surface area contributed by atoms with Crippen molar-refractivity contribution in [2.45, 2.75) is 38.1 Å². The molecule has 2 N–H and O–H groups in total. The van der Waals surface area contributed by atoms with Crippen LogP contribution in [0, 0.1) is 11.8 Å². The van der Waals surface area contributed by atoms with Crippen LogP contribution in [0.3, 0.4) is 0 Å². The number of hydrogen-bond donors (Lipinski definition) is 2. The van der Waals surface area contributed by atoms with E-state index in [1.165, 1.54) is 30.4 Å². The average molecular weight is 280 g/mol. The zero-order valence-corrected chi connectivity index (χ0v) is 12.0. The molecule has 1 aromatic carbocycles. The highest BCUT2D eigenvalue weighted by Crippen LogP contribution is 2.31. The van der Waals surface area contributed by atoms with E-state index >= 15 is 0 Å². The highest BCUT2D eigenvalue weighted by atomic mass is 35.5. The van der Waals surface area contributed by atoms with E-state index in [2.05, 4.69) is 17.4 Å². The fourth-order valence-corrected chi connectivity index (χ4v) is 3.87. The molecule has 0 saturated heterocycles. The first kappa shape index (κ1) is 13.4. The van der Waals surface area contributed by atoms with Crippen LogP contribution >= 0.6 is 11.6 Å². The zero-order valence-electron chi connectivity index (χ0n) is 11.2. The van der Waals surface area contributed by atoms with Crippen LogP contribution in [0.5, 0.6) is 0 Å². The van der Waals surface area contributed by atoms with Gasteiger partial charge in [0.15, 0.2) is 0 Å². The molecule has 0 heterocycles. The molecule has 0 bridgehead atoms. The third-order valence-corrected chi connectivity index (χ3v) is 5.06. The lowest BCUT2D eigenvalue weighted by atomic mass is 9.96. The lowest BCUT2D eigenvalue weighted by Gasteiger charge is -2.20. The molecule has 1 aromatic rings. The van der Waals surface area contributed by atoms with Crippen molar-refractivity contribution in [3.05, 3.63) is 34.3 Å². The highest BCUT2D eigenvalue weighted by Gasteiger charge is 2.28. The Balaban J connectivity index is 1.53. The first-order valence-corrected chi connectivity index (χ1v) is 7.75. The normalized spacial score (nSPS) is 29.7. The Hall–Kier alpha value is -0.570. The van der Waals surface area contributed by atoms with Gasteiger partial charge in [-0.25, -0.2) is 0 Å². The fourth-order valence-electron chi connectivity index (χ4n) is 3.67. The predicted octanol–water partition coefficient (Wildman–Crippen LogP) is 2.81. The molecule has 3 unspecified atom stereocenters. The van der Waals surface area contributed by atoms with Crippen molar-refractivity contribution in [3.63, 3.8) is 0 Å². The van der Waals surface area contributed by atoms with Gasteiger partial charge in [-0.1, -0.05) is 24.1 Å². The topological polar surface area (TPSA) is 32.3 Å². The van der Waals surface area contributed by atoms with Crippen LogP contribution in [0.15, 0.2) is 18.2 Å². The number of aliphatic hydroxyl groups is 1. The average Bonchev–Trinajstić information content (AvgIpc) is 3.01. The van der Waals surface area contributed by atoms with E-state index in [9.17, 15) is 5.11 Å². The van der Waals surface area contributed by atoms with Crippen molar-refractivity contribution in [1.82, 2.24) is 5.32 Å². The Labute approximate surface area is 120 Å². The van der Waals surface area contributed by atoms with Crippen LogP contribution in [0.2, 0.25) is 5.02 Å². The number of aliphatic hydroxyl groups excluding tert-OH is 1. The maximum atomic E-state index is 9.36. The van der Waals surface area contributed by atoms with Crippen LogP contribution in [-0.2, 0) is 12.8 Å². The molecule has 0 aliphatic heterocycles. The molecule has 0 aromatic heterocycles. The lowest BCUT2D eigenvalue weighted by Crippen LogP contribution is -2.35. The Morgan fingerprint density at radius 1 is 1.16 bits per heavy atom. The molecule has 3 heteroatoms. The van der Waals surface area contributed by atoms with Gasteiger partial charge in [0.2, 0.25) is 0 Å². The van der Waals surface area contributed by atoms with E-state index < -0.39 is 0 Å². The Bertz CT molecular complexity index is 448. The van der Waals surface area contributed by atoms with Crippen molar-refractivity contribution < 1.29 is 5.11 Å². The second-order valence-electron chi connectivity index (χ2n) is 6.06. The number of halogens is 1. The quantitative estimate of drug-likeness (QED) is 0.888. The fraction of sp³-hybridized carbons (Fsp3) is 0.625. The van der Waals surface area contributed by atoms with Gasteiger partial charge in [-0.2, -0.15) is 0 Å². The number of benzene rings is 1. The Morgan fingerprint density at radius 3 is 2.79 bits per heavy atom. The van der Waals surface area contributed by atoms with E-state index in [1.54, 1.807) is 0 Å². The summed E-state index contributed by atoms with van der Waals surface area (Å²) in [4.78, 5) is 0. The van der Waals surface area contributed by atoms with Gasteiger partial charge in [0.05, 0.1) is 0 Å². The number of hydrogen-bond acceptors (Lipinski definition) is 2. The van der Waals surface area contributed by atoms with Crippen molar-refractivity contribution in [1.29, 1.82) is 0 Å². The van der Waals surface area contributed by atoms with Crippen molar-refractivity contribution in [3.8, 4) is 0 Å². The third-order valence-electron chi connectivity index (χ3n) is 4.82. The second-order valence-corrected chi connectivity index (χ2v) is 6.50. The highest BCUT2D eigenvalue weighted by molar-refractivity contribution is 6.30. The summed E-state index contributed by atoms with van der Waals surface area (Å²) >= 11 is 6.04. The molecule has 1 saturated carbocycles. The summed E-state index contributed by atoms with van der Waals surface area (Å²) in [6.45, 7) is 1.41. The van der Waals surface area contributed by atoms with Gasteiger partial charge in [0, 0.05) is 17.7 Å². The molecule has 1 fully saturated rings. The van der Waals surface area contributed by atoms with Crippen molar-refractivity contribution >= 4 is 11.6 Å². The van der Waals surface area contributed by atoms with Gasteiger partial charge in [-0.05, 0) is 67.3 Å². The number of fused-ring (bicyclic) bond motifs is 1. The molecule has 0 spiro atoms. The second kappa shape index (κ2) is 5.82. The lowest BCUT2D eigenvalue weighted by molar-refractivity contribution is 0.190. The molecule has 2 aliphatic rings. The molecule has 104 valence electrons. The van der Waals surface area contributed by atoms with E-state index in [0.717, 1.165) is 24.4 Å². The maximum absolute atomic E-state index is 9.36. The van der Waals surface area contributed by atoms with Crippen LogP contribution in [-0.4, -0.2) is 24.3 Å². The SMILES string of the molecule is OCC1CCCC1CNC1Cc2ccc(Cl)cc2C1. The van der Waals surface area contributed by atoms with Gasteiger partial charge >= 0.3 is 0 Å². The van der Waals surface area contributed by atoms with Gasteiger partial charge in [-0.3, -0.25) is 0 Å². The predicted molar refractivity (Wildman–Crippen MR) is 78.6 cm³/mol. The van der Waals surface area contributed by atoms with E-state index in [1.807, 2.05) is 6.07 Å². The van der Waals surface area contributed by atoms with Crippen LogP contribution in [0.25, 0.3) is 0 Å². The van der Waals surface area contributed by atoms with Crippen LogP contribution in [0.4, 0.5) is 0 Å². The first-order valence-electron chi connectivity index (χ1n) is 7.38. The van der Waals surface area contributed by atoms with Crippen molar-refractivity contribution in [2.75, 3.05) is 13.2 Å². The zero-order chi connectivity index (χ0) is 13.2. The summed E-state index contributed by atoms with van der Waals surface area (Å²) in [5.74, 6) is 1.18. The largest absolute Gasteiger partial charge is 0.396 e. The monoisotopic (exact) mass is 279 g/mol. The molecule has 0 radical (unpaired) electrons. The summed E-state index contributed by atoms with van der Waals surface area (Å²) in [5.41, 5.74) is 2.84. The van der Waals surface area contributed by atoms with Gasteiger partial charge in [-0.15, -0.1) is 0 Å². The minimum absolute atomic E-state index is 0.354. The summed E-state index contributed by atoms with van der Waals surface area (Å²) in [6.07, 6.45) is 5.95. The van der Waals surface area contributed by atoms with Crippen molar-refractivity contribution in [2.24, 2.45) is 11.8 Å². The molecular formula is C16H22ClNO. The summed E-state index contributed by atoms with van der Waals surface area (Å²) in [7, 11) is 0. The molecule has 2 aliphatic carbocycles. The summed E-state index contributed by atoms with van der Waals surface area (Å²) < 4.78 is 0. The van der Waals surface area contributed by atoms with Gasteiger partial charge in [0.25, 0.3) is 0 Å². The molecule has 0 amide bonds. The minimum atomic E-state index is 0.354. The molecule has 2 nitrogen and oxygen atoms in total. The van der Waals surface area contributed by atoms with E-state index in [-0.39, 0.29) is 0 Å². The minimum Gasteiger partial charge on any atom is -0.396 e. The van der Waals surface area contributed by atoms with Crippen LogP contribution < -0.4 is 5.32 Å². The Morgan fingerprint density at radius 2 is 1.95 bits per heavy atom. The van der Waals surface area contributed by atoms with Gasteiger partial charge < -0.3 is 10.4 Å². The molecule has 3 rings (SSSR count). The third kappa shape index (κ3) is 2.96. The number of rotatable bonds is 4. The smallest absolute Gasteiger partial charge is 0.0462 e. The maximum Gasteiger partial charge on any atom is 0.0462 e. The summed E-state index contributed by atoms with van der Waals surface area (Å²) in [5, 5.41) is 13.9. The van der Waals surface area contributed by atoms with Crippen LogP contribution in [0.1, 0.15) is 30.4 Å². The Kier molecular flexibility index (Phi) is 4.11. The number of nitrogens with one attached hydrogen (secondary N) is 1. The summed E-state index contributed by atoms with van der Waals surface area (Å²) in [6, 6.07) is 6.80. The standard InChI is InChI=1S/C16H22ClNO/c17-15-5-4-11-7-16(8-14(11)6-15)18-9-12-2-1-3-13(12)10-19/h4-6,12-13,16,18-19H,1-3,7-10H2. The molecule has 19 heavy (non-hydrogen) atoms. The molecule has 3 atom stereocenters.